The van der Waals surface area contributed by atoms with E-state index >= 15 is 0 Å². The molecule has 0 unspecified atom stereocenters. The number of aliphatic hydroxyl groups excluding tert-OH is 1. The number of hydrogen-bond acceptors (Lipinski definition) is 5. The van der Waals surface area contributed by atoms with Crippen molar-refractivity contribution in [2.75, 3.05) is 72.1 Å². The molecule has 2 aliphatic rings. The largest absolute Gasteiger partial charge is 0.492 e. The van der Waals surface area contributed by atoms with Gasteiger partial charge >= 0.3 is 0 Å². The van der Waals surface area contributed by atoms with Crippen molar-refractivity contribution >= 4 is 5.96 Å². The molecule has 30 heavy (non-hydrogen) atoms. The molecule has 0 radical (unpaired) electrons. The summed E-state index contributed by atoms with van der Waals surface area (Å²) in [6.07, 6.45) is 2.80. The van der Waals surface area contributed by atoms with Crippen LogP contribution in [0.4, 0.5) is 0 Å². The smallest absolute Gasteiger partial charge is 0.194 e. The third-order valence-electron chi connectivity index (χ3n) is 5.88. The lowest BCUT2D eigenvalue weighted by atomic mass is 10.1. The quantitative estimate of drug-likeness (QED) is 0.361. The monoisotopic (exact) mass is 417 g/mol. The predicted octanol–water partition coefficient (Wildman–Crippen LogP) is 1.50. The third-order valence-corrected chi connectivity index (χ3v) is 5.88. The van der Waals surface area contributed by atoms with E-state index in [1.807, 2.05) is 30.3 Å². The second-order valence-corrected chi connectivity index (χ2v) is 8.15. The SMILES string of the molecule is CCNC(=NCCCN1CCC(O)CC1)N1CCN(CCOc2ccccc2)CC1. The fraction of sp³-hybridized carbons (Fsp3) is 0.696. The number of ether oxygens (including phenoxy) is 1. The van der Waals surface area contributed by atoms with Crippen molar-refractivity contribution in [1.82, 2.24) is 20.0 Å². The first-order valence-corrected chi connectivity index (χ1v) is 11.6. The molecule has 0 atom stereocenters. The molecule has 0 amide bonds. The molecule has 2 fully saturated rings. The molecular formula is C23H39N5O2. The lowest BCUT2D eigenvalue weighted by molar-refractivity contribution is 0.0824. The van der Waals surface area contributed by atoms with E-state index in [-0.39, 0.29) is 6.10 Å². The normalized spacial score (nSPS) is 19.8. The first-order valence-electron chi connectivity index (χ1n) is 11.6. The zero-order valence-electron chi connectivity index (χ0n) is 18.5. The molecule has 3 rings (SSSR count). The van der Waals surface area contributed by atoms with Crippen molar-refractivity contribution in [1.29, 1.82) is 0 Å². The summed E-state index contributed by atoms with van der Waals surface area (Å²) in [6.45, 7) is 12.8. The Balaban J connectivity index is 1.34. The van der Waals surface area contributed by atoms with Gasteiger partial charge in [0.25, 0.3) is 0 Å². The van der Waals surface area contributed by atoms with Crippen LogP contribution in [0, 0.1) is 0 Å². The van der Waals surface area contributed by atoms with Gasteiger partial charge in [-0.15, -0.1) is 0 Å². The van der Waals surface area contributed by atoms with Gasteiger partial charge in [-0.1, -0.05) is 18.2 Å². The molecule has 0 bridgehead atoms. The molecular weight excluding hydrogens is 378 g/mol. The summed E-state index contributed by atoms with van der Waals surface area (Å²) in [5.41, 5.74) is 0. The van der Waals surface area contributed by atoms with E-state index in [0.29, 0.717) is 0 Å². The van der Waals surface area contributed by atoms with Gasteiger partial charge in [-0.2, -0.15) is 0 Å². The Morgan fingerprint density at radius 1 is 1.03 bits per heavy atom. The van der Waals surface area contributed by atoms with Gasteiger partial charge in [0.2, 0.25) is 0 Å². The van der Waals surface area contributed by atoms with E-state index in [4.69, 9.17) is 9.73 Å². The number of nitrogens with one attached hydrogen (secondary N) is 1. The molecule has 2 N–H and O–H groups in total. The number of rotatable bonds is 9. The summed E-state index contributed by atoms with van der Waals surface area (Å²) >= 11 is 0. The van der Waals surface area contributed by atoms with Gasteiger partial charge in [0, 0.05) is 58.9 Å². The van der Waals surface area contributed by atoms with Crippen LogP contribution in [0.25, 0.3) is 0 Å². The van der Waals surface area contributed by atoms with E-state index in [9.17, 15) is 5.11 Å². The zero-order valence-corrected chi connectivity index (χ0v) is 18.5. The van der Waals surface area contributed by atoms with Gasteiger partial charge in [0.1, 0.15) is 12.4 Å². The van der Waals surface area contributed by atoms with Gasteiger partial charge < -0.3 is 25.0 Å². The van der Waals surface area contributed by atoms with Crippen molar-refractivity contribution in [3.05, 3.63) is 30.3 Å². The highest BCUT2D eigenvalue weighted by Gasteiger charge is 2.20. The van der Waals surface area contributed by atoms with Crippen LogP contribution in [-0.2, 0) is 0 Å². The number of aliphatic hydroxyl groups is 1. The van der Waals surface area contributed by atoms with E-state index in [2.05, 4.69) is 26.9 Å². The summed E-state index contributed by atoms with van der Waals surface area (Å²) in [6, 6.07) is 10.0. The number of nitrogens with zero attached hydrogens (tertiary/aromatic N) is 4. The van der Waals surface area contributed by atoms with Crippen LogP contribution < -0.4 is 10.1 Å². The number of guanidine groups is 1. The van der Waals surface area contributed by atoms with Gasteiger partial charge in [0.15, 0.2) is 5.96 Å². The number of hydrogen-bond donors (Lipinski definition) is 2. The predicted molar refractivity (Wildman–Crippen MR) is 122 cm³/mol. The van der Waals surface area contributed by atoms with Crippen LogP contribution in [0.3, 0.4) is 0 Å². The molecule has 1 aromatic rings. The van der Waals surface area contributed by atoms with E-state index in [1.165, 1.54) is 0 Å². The molecule has 7 nitrogen and oxygen atoms in total. The molecule has 168 valence electrons. The Morgan fingerprint density at radius 3 is 2.43 bits per heavy atom. The maximum absolute atomic E-state index is 9.62. The lowest BCUT2D eigenvalue weighted by Gasteiger charge is -2.36. The Morgan fingerprint density at radius 2 is 1.73 bits per heavy atom. The fourth-order valence-electron chi connectivity index (χ4n) is 4.04. The maximum atomic E-state index is 9.62. The Bertz CT molecular complexity index is 611. The van der Waals surface area contributed by atoms with Crippen LogP contribution in [0.1, 0.15) is 26.2 Å². The summed E-state index contributed by atoms with van der Waals surface area (Å²) in [5, 5.41) is 13.1. The zero-order chi connectivity index (χ0) is 21.0. The number of piperazine rings is 1. The molecule has 2 saturated heterocycles. The Kier molecular flexibility index (Phi) is 9.73. The van der Waals surface area contributed by atoms with Crippen LogP contribution in [0.5, 0.6) is 5.75 Å². The van der Waals surface area contributed by atoms with Gasteiger partial charge in [-0.25, -0.2) is 0 Å². The number of likely N-dealkylation sites (tertiary alicyclic amines) is 1. The van der Waals surface area contributed by atoms with Crippen molar-refractivity contribution < 1.29 is 9.84 Å². The number of para-hydroxylation sites is 1. The minimum Gasteiger partial charge on any atom is -0.492 e. The highest BCUT2D eigenvalue weighted by Crippen LogP contribution is 2.11. The molecule has 0 saturated carbocycles. The van der Waals surface area contributed by atoms with Gasteiger partial charge in [-0.05, 0) is 44.9 Å². The number of piperidine rings is 1. The second-order valence-electron chi connectivity index (χ2n) is 8.15. The Hall–Kier alpha value is -1.83. The van der Waals surface area contributed by atoms with E-state index in [1.54, 1.807) is 0 Å². The molecule has 0 spiro atoms. The van der Waals surface area contributed by atoms with E-state index in [0.717, 1.165) is 103 Å². The molecule has 7 heteroatoms. The topological polar surface area (TPSA) is 63.6 Å². The van der Waals surface area contributed by atoms with Crippen molar-refractivity contribution in [3.8, 4) is 5.75 Å². The Labute approximate surface area is 181 Å². The molecule has 2 heterocycles. The number of aliphatic imine (C=N–C) groups is 1. The average molecular weight is 418 g/mol. The first-order chi connectivity index (χ1) is 14.7. The fourth-order valence-corrected chi connectivity index (χ4v) is 4.04. The maximum Gasteiger partial charge on any atom is 0.194 e. The summed E-state index contributed by atoms with van der Waals surface area (Å²) < 4.78 is 5.83. The summed E-state index contributed by atoms with van der Waals surface area (Å²) in [7, 11) is 0. The van der Waals surface area contributed by atoms with Crippen molar-refractivity contribution in [3.63, 3.8) is 0 Å². The minimum absolute atomic E-state index is 0.0943. The molecule has 0 aromatic heterocycles. The summed E-state index contributed by atoms with van der Waals surface area (Å²) in [4.78, 5) is 12.2. The minimum atomic E-state index is -0.0943. The van der Waals surface area contributed by atoms with E-state index < -0.39 is 0 Å². The van der Waals surface area contributed by atoms with Crippen LogP contribution >= 0.6 is 0 Å². The van der Waals surface area contributed by atoms with Crippen molar-refractivity contribution in [2.45, 2.75) is 32.3 Å². The first kappa shape index (κ1) is 22.8. The van der Waals surface area contributed by atoms with Crippen LogP contribution in [0.2, 0.25) is 0 Å². The van der Waals surface area contributed by atoms with Gasteiger partial charge in [-0.3, -0.25) is 9.89 Å². The molecule has 2 aliphatic heterocycles. The van der Waals surface area contributed by atoms with Crippen LogP contribution in [-0.4, -0.2) is 104 Å². The molecule has 0 aliphatic carbocycles. The average Bonchev–Trinajstić information content (AvgIpc) is 2.78. The molecule has 1 aromatic carbocycles. The number of benzene rings is 1. The lowest BCUT2D eigenvalue weighted by Crippen LogP contribution is -2.53. The van der Waals surface area contributed by atoms with Crippen LogP contribution in [0.15, 0.2) is 35.3 Å². The second kappa shape index (κ2) is 12.8. The third kappa shape index (κ3) is 7.78. The highest BCUT2D eigenvalue weighted by atomic mass is 16.5. The highest BCUT2D eigenvalue weighted by molar-refractivity contribution is 5.80. The van der Waals surface area contributed by atoms with Gasteiger partial charge in [0.05, 0.1) is 6.10 Å². The standard InChI is InChI=1S/C23H39N5O2/c1-2-24-23(25-11-6-12-26-13-9-21(29)10-14-26)28-17-15-27(16-18-28)19-20-30-22-7-4-3-5-8-22/h3-5,7-8,21,29H,2,6,9-20H2,1H3,(H,24,25). The van der Waals surface area contributed by atoms with Crippen molar-refractivity contribution in [2.24, 2.45) is 4.99 Å². The summed E-state index contributed by atoms with van der Waals surface area (Å²) in [5.74, 6) is 1.99.